The fraction of sp³-hybridized carbons (Fsp3) is 0.182. The molecule has 2 aromatic carbocycles. The maximum atomic E-state index is 13.3. The molecule has 0 aliphatic rings. The molecular weight excluding hydrogens is 420 g/mol. The molecule has 0 bridgehead atoms. The molecule has 4 aromatic rings. The van der Waals surface area contributed by atoms with Crippen LogP contribution < -0.4 is 20.6 Å². The maximum Gasteiger partial charge on any atom is 0.267 e. The number of aromatic nitrogens is 2. The number of nitrogens with one attached hydrogen (secondary N) is 2. The Kier molecular flexibility index (Phi) is 5.28. The lowest BCUT2D eigenvalue weighted by molar-refractivity contribution is 0.343. The van der Waals surface area contributed by atoms with Gasteiger partial charge in [0, 0.05) is 10.8 Å². The highest BCUT2D eigenvalue weighted by atomic mass is 32.2. The minimum atomic E-state index is -4.40. The average molecular weight is 440 g/mol. The normalized spacial score (nSPS) is 11.7. The van der Waals surface area contributed by atoms with Crippen molar-refractivity contribution >= 4 is 31.6 Å². The molecule has 4 rings (SSSR count). The van der Waals surface area contributed by atoms with Crippen molar-refractivity contribution in [3.8, 4) is 11.5 Å². The first-order valence-corrected chi connectivity index (χ1v) is 11.2. The Bertz CT molecular complexity index is 1410. The van der Waals surface area contributed by atoms with Gasteiger partial charge in [0.15, 0.2) is 0 Å². The van der Waals surface area contributed by atoms with Crippen molar-refractivity contribution in [3.63, 3.8) is 0 Å². The summed E-state index contributed by atoms with van der Waals surface area (Å²) in [7, 11) is -4.40. The van der Waals surface area contributed by atoms with Crippen molar-refractivity contribution < 1.29 is 17.9 Å². The Labute approximate surface area is 177 Å². The molecule has 0 aliphatic heterocycles. The van der Waals surface area contributed by atoms with Crippen molar-refractivity contribution in [3.05, 3.63) is 69.2 Å². The summed E-state index contributed by atoms with van der Waals surface area (Å²) >= 11 is 0. The number of aromatic amines is 2. The minimum Gasteiger partial charge on any atom is -0.492 e. The van der Waals surface area contributed by atoms with Crippen molar-refractivity contribution in [2.75, 3.05) is 13.2 Å². The van der Waals surface area contributed by atoms with Gasteiger partial charge in [-0.05, 0) is 38.1 Å². The number of H-pyrrole nitrogens is 2. The summed E-state index contributed by atoms with van der Waals surface area (Å²) in [6, 6.07) is 12.6. The molecule has 0 aliphatic carbocycles. The fourth-order valence-electron chi connectivity index (χ4n) is 3.44. The number of ether oxygens (including phenoxy) is 2. The number of rotatable bonds is 6. The van der Waals surface area contributed by atoms with Gasteiger partial charge in [0.05, 0.1) is 24.2 Å². The summed E-state index contributed by atoms with van der Waals surface area (Å²) in [6.07, 6.45) is 0. The van der Waals surface area contributed by atoms with Crippen molar-refractivity contribution in [1.82, 2.24) is 9.97 Å². The Morgan fingerprint density at radius 3 is 1.55 bits per heavy atom. The Morgan fingerprint density at radius 1 is 0.742 bits per heavy atom. The van der Waals surface area contributed by atoms with Crippen LogP contribution in [0.2, 0.25) is 0 Å². The molecular formula is C22H20N2O6S. The molecule has 0 radical (unpaired) electrons. The highest BCUT2D eigenvalue weighted by Crippen LogP contribution is 2.28. The second kappa shape index (κ2) is 7.92. The van der Waals surface area contributed by atoms with E-state index in [0.29, 0.717) is 46.5 Å². The number of sulfone groups is 1. The molecule has 0 amide bonds. The molecule has 0 fully saturated rings. The molecule has 0 unspecified atom stereocenters. The topological polar surface area (TPSA) is 118 Å². The van der Waals surface area contributed by atoms with E-state index in [-0.39, 0.29) is 0 Å². The first kappa shape index (κ1) is 20.7. The van der Waals surface area contributed by atoms with Crippen LogP contribution in [-0.4, -0.2) is 31.6 Å². The van der Waals surface area contributed by atoms with Crippen molar-refractivity contribution in [2.24, 2.45) is 0 Å². The Morgan fingerprint density at radius 2 is 1.16 bits per heavy atom. The monoisotopic (exact) mass is 440 g/mol. The van der Waals surface area contributed by atoms with Gasteiger partial charge < -0.3 is 19.4 Å². The largest absolute Gasteiger partial charge is 0.492 e. The number of pyridine rings is 2. The Hall–Kier alpha value is -3.59. The van der Waals surface area contributed by atoms with E-state index in [9.17, 15) is 18.0 Å². The lowest BCUT2D eigenvalue weighted by Gasteiger charge is -2.10. The van der Waals surface area contributed by atoms with Crippen LogP contribution in [0.5, 0.6) is 11.5 Å². The van der Waals surface area contributed by atoms with E-state index in [2.05, 4.69) is 9.97 Å². The van der Waals surface area contributed by atoms with Crippen LogP contribution in [0.3, 0.4) is 0 Å². The van der Waals surface area contributed by atoms with E-state index in [1.54, 1.807) is 50.2 Å². The Balaban J connectivity index is 1.93. The fourth-order valence-corrected chi connectivity index (χ4v) is 4.83. The van der Waals surface area contributed by atoms with Gasteiger partial charge in [-0.2, -0.15) is 0 Å². The molecule has 9 heteroatoms. The second-order valence-corrected chi connectivity index (χ2v) is 8.62. The van der Waals surface area contributed by atoms with Gasteiger partial charge >= 0.3 is 0 Å². The lowest BCUT2D eigenvalue weighted by atomic mass is 10.2. The highest BCUT2D eigenvalue weighted by Gasteiger charge is 2.26. The predicted octanol–water partition coefficient (Wildman–Crippen LogP) is 3.00. The molecule has 0 atom stereocenters. The summed E-state index contributed by atoms with van der Waals surface area (Å²) in [4.78, 5) is 29.5. The molecule has 8 nitrogen and oxygen atoms in total. The van der Waals surface area contributed by atoms with Crippen molar-refractivity contribution in [2.45, 2.75) is 23.6 Å². The quantitative estimate of drug-likeness (QED) is 0.476. The molecule has 0 saturated heterocycles. The summed E-state index contributed by atoms with van der Waals surface area (Å²) in [5.74, 6) is 0.876. The van der Waals surface area contributed by atoms with Crippen LogP contribution in [0.1, 0.15) is 13.8 Å². The summed E-state index contributed by atoms with van der Waals surface area (Å²) in [5, 5.41) is 0.944. The molecule has 0 spiro atoms. The maximum absolute atomic E-state index is 13.3. The van der Waals surface area contributed by atoms with Gasteiger partial charge in [0.25, 0.3) is 11.1 Å². The molecule has 160 valence electrons. The van der Waals surface area contributed by atoms with Crippen LogP contribution in [0.15, 0.2) is 67.9 Å². The zero-order valence-electron chi connectivity index (χ0n) is 16.9. The highest BCUT2D eigenvalue weighted by molar-refractivity contribution is 7.91. The van der Waals surface area contributed by atoms with Gasteiger partial charge in [-0.3, -0.25) is 9.59 Å². The third-order valence-electron chi connectivity index (χ3n) is 4.79. The van der Waals surface area contributed by atoms with E-state index < -0.39 is 30.7 Å². The van der Waals surface area contributed by atoms with Gasteiger partial charge in [0.1, 0.15) is 21.3 Å². The number of hydrogen-bond donors (Lipinski definition) is 2. The SMILES string of the molecule is CCOc1cccc2cc(S(=O)(=O)c3cc4cccc(OCC)c4[nH]c3=O)c(=O)[nH]c12. The van der Waals surface area contributed by atoms with Gasteiger partial charge in [-0.25, -0.2) is 8.42 Å². The van der Waals surface area contributed by atoms with Crippen LogP contribution in [0, 0.1) is 0 Å². The predicted molar refractivity (Wildman–Crippen MR) is 117 cm³/mol. The first-order valence-electron chi connectivity index (χ1n) is 9.69. The zero-order valence-corrected chi connectivity index (χ0v) is 17.7. The minimum absolute atomic E-state index is 0.386. The number of hydrogen-bond acceptors (Lipinski definition) is 6. The third kappa shape index (κ3) is 3.57. The molecule has 0 saturated carbocycles. The molecule has 2 N–H and O–H groups in total. The smallest absolute Gasteiger partial charge is 0.267 e. The van der Waals surface area contributed by atoms with Crippen LogP contribution in [0.4, 0.5) is 0 Å². The van der Waals surface area contributed by atoms with E-state index in [1.807, 2.05) is 0 Å². The van der Waals surface area contributed by atoms with Crippen molar-refractivity contribution in [1.29, 1.82) is 0 Å². The van der Waals surface area contributed by atoms with Crippen LogP contribution >= 0.6 is 0 Å². The average Bonchev–Trinajstić information content (AvgIpc) is 2.74. The summed E-state index contributed by atoms with van der Waals surface area (Å²) in [5.41, 5.74) is -0.881. The molecule has 2 heterocycles. The number of fused-ring (bicyclic) bond motifs is 2. The van der Waals surface area contributed by atoms with E-state index in [0.717, 1.165) is 0 Å². The standard InChI is InChI=1S/C22H20N2O6S/c1-3-29-15-9-5-7-13-11-17(21(25)23-19(13)15)31(27,28)18-12-14-8-6-10-16(30-4-2)20(14)24-22(18)26/h5-12H,3-4H2,1-2H3,(H,23,25)(H,24,26). The van der Waals surface area contributed by atoms with Crippen LogP contribution in [0.25, 0.3) is 21.8 Å². The third-order valence-corrected chi connectivity index (χ3v) is 6.56. The first-order chi connectivity index (χ1) is 14.9. The van der Waals surface area contributed by atoms with Gasteiger partial charge in [0.2, 0.25) is 9.84 Å². The molecule has 2 aromatic heterocycles. The number of benzene rings is 2. The van der Waals surface area contributed by atoms with Crippen LogP contribution in [-0.2, 0) is 9.84 Å². The van der Waals surface area contributed by atoms with E-state index in [4.69, 9.17) is 9.47 Å². The number of para-hydroxylation sites is 2. The van der Waals surface area contributed by atoms with E-state index in [1.165, 1.54) is 12.1 Å². The summed E-state index contributed by atoms with van der Waals surface area (Å²) < 4.78 is 37.6. The van der Waals surface area contributed by atoms with Gasteiger partial charge in [-0.15, -0.1) is 0 Å². The lowest BCUT2D eigenvalue weighted by Crippen LogP contribution is -2.23. The zero-order chi connectivity index (χ0) is 22.2. The van der Waals surface area contributed by atoms with E-state index >= 15 is 0 Å². The second-order valence-electron chi connectivity index (χ2n) is 6.74. The molecule has 31 heavy (non-hydrogen) atoms. The summed E-state index contributed by atoms with van der Waals surface area (Å²) in [6.45, 7) is 4.38. The van der Waals surface area contributed by atoms with Gasteiger partial charge in [-0.1, -0.05) is 24.3 Å².